The number of aryl methyl sites for hydroxylation is 1. The van der Waals surface area contributed by atoms with Crippen LogP contribution in [-0.4, -0.2) is 5.91 Å². The Morgan fingerprint density at radius 1 is 0.900 bits per heavy atom. The van der Waals surface area contributed by atoms with Crippen LogP contribution in [0.15, 0.2) is 89.4 Å². The first-order chi connectivity index (χ1) is 14.6. The maximum Gasteiger partial charge on any atom is 0.228 e. The SMILES string of the molecule is Cc1ccccc1CN1C(=O)CC(c2ccc(Br)cc2)c2c1ccc1ccccc21. The summed E-state index contributed by atoms with van der Waals surface area (Å²) in [5, 5.41) is 2.44. The molecule has 0 aromatic heterocycles. The van der Waals surface area contributed by atoms with Gasteiger partial charge in [-0.05, 0) is 58.1 Å². The summed E-state index contributed by atoms with van der Waals surface area (Å²) in [5.74, 6) is 0.230. The van der Waals surface area contributed by atoms with Crippen molar-refractivity contribution in [3.63, 3.8) is 0 Å². The van der Waals surface area contributed by atoms with Crippen LogP contribution >= 0.6 is 15.9 Å². The van der Waals surface area contributed by atoms with Crippen molar-refractivity contribution >= 4 is 38.3 Å². The number of amides is 1. The molecule has 1 heterocycles. The molecule has 1 aliphatic heterocycles. The van der Waals surface area contributed by atoms with E-state index in [4.69, 9.17) is 0 Å². The van der Waals surface area contributed by atoms with Gasteiger partial charge in [-0.3, -0.25) is 4.79 Å². The molecular formula is C27H22BrNO. The Morgan fingerprint density at radius 3 is 2.43 bits per heavy atom. The molecule has 0 fully saturated rings. The smallest absolute Gasteiger partial charge is 0.228 e. The fourth-order valence-electron chi connectivity index (χ4n) is 4.52. The van der Waals surface area contributed by atoms with Crippen molar-refractivity contribution in [2.45, 2.75) is 25.8 Å². The number of halogens is 1. The minimum Gasteiger partial charge on any atom is -0.308 e. The number of benzene rings is 4. The highest BCUT2D eigenvalue weighted by Crippen LogP contribution is 2.44. The maximum absolute atomic E-state index is 13.4. The number of anilines is 1. The molecule has 0 bridgehead atoms. The first-order valence-corrected chi connectivity index (χ1v) is 11.0. The van der Waals surface area contributed by atoms with E-state index in [1.54, 1.807) is 0 Å². The van der Waals surface area contributed by atoms with Crippen LogP contribution in [0.5, 0.6) is 0 Å². The Morgan fingerprint density at radius 2 is 1.63 bits per heavy atom. The van der Waals surface area contributed by atoms with Gasteiger partial charge in [-0.25, -0.2) is 0 Å². The van der Waals surface area contributed by atoms with Crippen molar-refractivity contribution in [1.82, 2.24) is 0 Å². The summed E-state index contributed by atoms with van der Waals surface area (Å²) in [6.45, 7) is 2.71. The molecule has 3 heteroatoms. The zero-order valence-corrected chi connectivity index (χ0v) is 18.4. The first-order valence-electron chi connectivity index (χ1n) is 10.2. The lowest BCUT2D eigenvalue weighted by Gasteiger charge is -2.35. The van der Waals surface area contributed by atoms with Gasteiger partial charge in [-0.2, -0.15) is 0 Å². The molecule has 1 atom stereocenters. The van der Waals surface area contributed by atoms with Gasteiger partial charge < -0.3 is 4.90 Å². The molecule has 5 rings (SSSR count). The summed E-state index contributed by atoms with van der Waals surface area (Å²) < 4.78 is 1.05. The van der Waals surface area contributed by atoms with Gasteiger partial charge in [0.05, 0.1) is 6.54 Å². The third-order valence-electron chi connectivity index (χ3n) is 6.13. The lowest BCUT2D eigenvalue weighted by atomic mass is 9.81. The van der Waals surface area contributed by atoms with E-state index >= 15 is 0 Å². The predicted octanol–water partition coefficient (Wildman–Crippen LogP) is 6.98. The third kappa shape index (κ3) is 3.33. The largest absolute Gasteiger partial charge is 0.308 e. The molecule has 0 N–H and O–H groups in total. The fourth-order valence-corrected chi connectivity index (χ4v) is 4.78. The highest BCUT2D eigenvalue weighted by molar-refractivity contribution is 9.10. The minimum atomic E-state index is 0.0554. The molecule has 0 spiro atoms. The highest BCUT2D eigenvalue weighted by atomic mass is 79.9. The Kier molecular flexibility index (Phi) is 4.92. The van der Waals surface area contributed by atoms with Gasteiger partial charge in [0, 0.05) is 22.5 Å². The Hall–Kier alpha value is -2.91. The van der Waals surface area contributed by atoms with Crippen LogP contribution < -0.4 is 4.90 Å². The van der Waals surface area contributed by atoms with E-state index in [-0.39, 0.29) is 11.8 Å². The Balaban J connectivity index is 1.69. The summed E-state index contributed by atoms with van der Waals surface area (Å²) in [5.41, 5.74) is 5.86. The molecule has 30 heavy (non-hydrogen) atoms. The van der Waals surface area contributed by atoms with Gasteiger partial charge in [0.25, 0.3) is 0 Å². The van der Waals surface area contributed by atoms with Gasteiger partial charge in [0.1, 0.15) is 0 Å². The van der Waals surface area contributed by atoms with Gasteiger partial charge in [0.15, 0.2) is 0 Å². The summed E-state index contributed by atoms with van der Waals surface area (Å²) in [4.78, 5) is 15.3. The second-order valence-electron chi connectivity index (χ2n) is 7.93. The second-order valence-corrected chi connectivity index (χ2v) is 8.85. The molecule has 1 aliphatic rings. The fraction of sp³-hybridized carbons (Fsp3) is 0.148. The Labute approximate surface area is 185 Å². The van der Waals surface area contributed by atoms with Crippen molar-refractivity contribution in [2.24, 2.45) is 0 Å². The number of rotatable bonds is 3. The van der Waals surface area contributed by atoms with Crippen molar-refractivity contribution in [3.05, 3.63) is 112 Å². The van der Waals surface area contributed by atoms with Gasteiger partial charge in [-0.1, -0.05) is 82.7 Å². The van der Waals surface area contributed by atoms with Gasteiger partial charge >= 0.3 is 0 Å². The second kappa shape index (κ2) is 7.73. The van der Waals surface area contributed by atoms with Crippen LogP contribution in [0.2, 0.25) is 0 Å². The van der Waals surface area contributed by atoms with E-state index in [1.807, 2.05) is 17.0 Å². The number of hydrogen-bond acceptors (Lipinski definition) is 1. The molecular weight excluding hydrogens is 434 g/mol. The average molecular weight is 456 g/mol. The number of fused-ring (bicyclic) bond motifs is 3. The summed E-state index contributed by atoms with van der Waals surface area (Å²) >= 11 is 3.53. The molecule has 2 nitrogen and oxygen atoms in total. The average Bonchev–Trinajstić information content (AvgIpc) is 2.77. The standard InChI is InChI=1S/C27H22BrNO/c1-18-6-2-3-8-21(18)17-29-25-15-12-19-7-4-5-9-23(19)27(25)24(16-26(29)30)20-10-13-22(28)14-11-20/h2-15,24H,16-17H2,1H3. The van der Waals surface area contributed by atoms with Crippen LogP contribution in [-0.2, 0) is 11.3 Å². The summed E-state index contributed by atoms with van der Waals surface area (Å²) in [6.07, 6.45) is 0.481. The van der Waals surface area contributed by atoms with E-state index in [1.165, 1.54) is 33.0 Å². The van der Waals surface area contributed by atoms with Crippen molar-refractivity contribution in [1.29, 1.82) is 0 Å². The molecule has 0 radical (unpaired) electrons. The summed E-state index contributed by atoms with van der Waals surface area (Å²) in [6, 6.07) is 29.4. The highest BCUT2D eigenvalue weighted by Gasteiger charge is 2.33. The van der Waals surface area contributed by atoms with Crippen LogP contribution in [0.25, 0.3) is 10.8 Å². The third-order valence-corrected chi connectivity index (χ3v) is 6.66. The van der Waals surface area contributed by atoms with Crippen LogP contribution in [0.3, 0.4) is 0 Å². The minimum absolute atomic E-state index is 0.0554. The maximum atomic E-state index is 13.4. The van der Waals surface area contributed by atoms with Crippen molar-refractivity contribution in [3.8, 4) is 0 Å². The van der Waals surface area contributed by atoms with E-state index in [2.05, 4.69) is 95.7 Å². The molecule has 4 aromatic rings. The quantitative estimate of drug-likeness (QED) is 0.326. The molecule has 4 aromatic carbocycles. The van der Waals surface area contributed by atoms with Crippen molar-refractivity contribution < 1.29 is 4.79 Å². The predicted molar refractivity (Wildman–Crippen MR) is 127 cm³/mol. The Bertz CT molecular complexity index is 1250. The first kappa shape index (κ1) is 19.1. The van der Waals surface area contributed by atoms with E-state index in [9.17, 15) is 4.79 Å². The molecule has 0 aliphatic carbocycles. The van der Waals surface area contributed by atoms with Crippen LogP contribution in [0.4, 0.5) is 5.69 Å². The number of hydrogen-bond donors (Lipinski definition) is 0. The normalized spacial score (nSPS) is 16.0. The zero-order valence-electron chi connectivity index (χ0n) is 16.8. The molecule has 0 saturated heterocycles. The molecule has 148 valence electrons. The van der Waals surface area contributed by atoms with E-state index in [0.29, 0.717) is 13.0 Å². The zero-order chi connectivity index (χ0) is 20.7. The van der Waals surface area contributed by atoms with Gasteiger partial charge in [-0.15, -0.1) is 0 Å². The van der Waals surface area contributed by atoms with Crippen molar-refractivity contribution in [2.75, 3.05) is 4.90 Å². The topological polar surface area (TPSA) is 20.3 Å². The monoisotopic (exact) mass is 455 g/mol. The molecule has 1 amide bonds. The lowest BCUT2D eigenvalue weighted by molar-refractivity contribution is -0.119. The van der Waals surface area contributed by atoms with Crippen LogP contribution in [0, 0.1) is 6.92 Å². The van der Waals surface area contributed by atoms with E-state index < -0.39 is 0 Å². The van der Waals surface area contributed by atoms with E-state index in [0.717, 1.165) is 10.2 Å². The van der Waals surface area contributed by atoms with Gasteiger partial charge in [0.2, 0.25) is 5.91 Å². The number of nitrogens with zero attached hydrogens (tertiary/aromatic N) is 1. The molecule has 0 saturated carbocycles. The number of carbonyl (C=O) groups excluding carboxylic acids is 1. The summed E-state index contributed by atoms with van der Waals surface area (Å²) in [7, 11) is 0. The lowest BCUT2D eigenvalue weighted by Crippen LogP contribution is -2.36. The number of carbonyl (C=O) groups is 1. The molecule has 1 unspecified atom stereocenters. The van der Waals surface area contributed by atoms with Crippen LogP contribution in [0.1, 0.15) is 34.6 Å².